The molecular formula is C17H23NO4. The van der Waals surface area contributed by atoms with Crippen LogP contribution in [0.3, 0.4) is 0 Å². The van der Waals surface area contributed by atoms with Crippen molar-refractivity contribution >= 4 is 16.9 Å². The first-order chi connectivity index (χ1) is 10.6. The van der Waals surface area contributed by atoms with Crippen LogP contribution in [0, 0.1) is 0 Å². The van der Waals surface area contributed by atoms with Gasteiger partial charge in [0, 0.05) is 24.2 Å². The van der Waals surface area contributed by atoms with E-state index in [1.165, 1.54) is 0 Å². The molecule has 0 radical (unpaired) electrons. The van der Waals surface area contributed by atoms with Crippen LogP contribution in [0.25, 0.3) is 10.9 Å². The Kier molecular flexibility index (Phi) is 5.31. The third-order valence-electron chi connectivity index (χ3n) is 3.43. The number of ether oxygens (including phenoxy) is 2. The second-order valence-corrected chi connectivity index (χ2v) is 5.10. The zero-order chi connectivity index (χ0) is 16.1. The van der Waals surface area contributed by atoms with Gasteiger partial charge in [0.15, 0.2) is 11.5 Å². The molecule has 0 aliphatic rings. The van der Waals surface area contributed by atoms with Crippen LogP contribution in [0.4, 0.5) is 0 Å². The number of aliphatic carboxylic acids is 1. The fraction of sp³-hybridized carbons (Fsp3) is 0.471. The van der Waals surface area contributed by atoms with Gasteiger partial charge in [-0.05, 0) is 31.9 Å². The van der Waals surface area contributed by atoms with Gasteiger partial charge in [-0.3, -0.25) is 4.79 Å². The number of fused-ring (bicyclic) bond motifs is 1. The second-order valence-electron chi connectivity index (χ2n) is 5.10. The molecule has 0 bridgehead atoms. The minimum atomic E-state index is -0.831. The molecule has 1 heterocycles. The highest BCUT2D eigenvalue weighted by Crippen LogP contribution is 2.35. The topological polar surface area (TPSA) is 60.7 Å². The van der Waals surface area contributed by atoms with Gasteiger partial charge in [-0.1, -0.05) is 6.92 Å². The fourth-order valence-corrected chi connectivity index (χ4v) is 2.64. The van der Waals surface area contributed by atoms with Crippen LogP contribution < -0.4 is 9.47 Å². The molecule has 0 spiro atoms. The number of aromatic nitrogens is 1. The molecular weight excluding hydrogens is 282 g/mol. The lowest BCUT2D eigenvalue weighted by Gasteiger charge is -2.12. The summed E-state index contributed by atoms with van der Waals surface area (Å²) in [5.41, 5.74) is 1.80. The summed E-state index contributed by atoms with van der Waals surface area (Å²) in [6.07, 6.45) is 2.91. The van der Waals surface area contributed by atoms with Crippen LogP contribution in [0.5, 0.6) is 11.5 Å². The Morgan fingerprint density at radius 3 is 2.32 bits per heavy atom. The Hall–Kier alpha value is -2.17. The number of aryl methyl sites for hydroxylation is 1. The van der Waals surface area contributed by atoms with E-state index in [9.17, 15) is 4.79 Å². The summed E-state index contributed by atoms with van der Waals surface area (Å²) in [6.45, 7) is 7.88. The van der Waals surface area contributed by atoms with Crippen LogP contribution in [0.1, 0.15) is 32.8 Å². The van der Waals surface area contributed by atoms with Crippen molar-refractivity contribution in [3.8, 4) is 11.5 Å². The van der Waals surface area contributed by atoms with E-state index < -0.39 is 5.97 Å². The van der Waals surface area contributed by atoms with Crippen LogP contribution in [-0.2, 0) is 17.8 Å². The van der Waals surface area contributed by atoms with Gasteiger partial charge in [0.05, 0.1) is 25.2 Å². The van der Waals surface area contributed by atoms with Crippen molar-refractivity contribution in [2.45, 2.75) is 40.2 Å². The summed E-state index contributed by atoms with van der Waals surface area (Å²) in [6, 6.07) is 3.85. The Labute approximate surface area is 130 Å². The molecule has 2 aromatic rings. The lowest BCUT2D eigenvalue weighted by Crippen LogP contribution is -2.00. The van der Waals surface area contributed by atoms with Gasteiger partial charge in [-0.2, -0.15) is 0 Å². The average molecular weight is 305 g/mol. The van der Waals surface area contributed by atoms with E-state index in [0.717, 1.165) is 29.4 Å². The number of benzene rings is 1. The van der Waals surface area contributed by atoms with Crippen molar-refractivity contribution in [2.24, 2.45) is 0 Å². The molecule has 2 rings (SSSR count). The first-order valence-electron chi connectivity index (χ1n) is 7.73. The number of nitrogens with zero attached hydrogens (tertiary/aromatic N) is 1. The van der Waals surface area contributed by atoms with E-state index in [1.807, 2.05) is 32.2 Å². The molecule has 0 saturated carbocycles. The molecule has 0 amide bonds. The van der Waals surface area contributed by atoms with Gasteiger partial charge in [0.25, 0.3) is 0 Å². The number of carboxylic acid groups (broad SMARTS) is 1. The smallest absolute Gasteiger partial charge is 0.307 e. The monoisotopic (exact) mass is 305 g/mol. The minimum Gasteiger partial charge on any atom is -0.490 e. The molecule has 0 saturated heterocycles. The van der Waals surface area contributed by atoms with Crippen LogP contribution in [0.15, 0.2) is 18.3 Å². The van der Waals surface area contributed by atoms with Crippen LogP contribution in [-0.4, -0.2) is 28.9 Å². The molecule has 0 fully saturated rings. The molecule has 1 N–H and O–H groups in total. The molecule has 1 aromatic heterocycles. The van der Waals surface area contributed by atoms with Gasteiger partial charge in [-0.25, -0.2) is 0 Å². The van der Waals surface area contributed by atoms with Crippen LogP contribution in [0.2, 0.25) is 0 Å². The molecule has 22 heavy (non-hydrogen) atoms. The van der Waals surface area contributed by atoms with Crippen molar-refractivity contribution in [1.82, 2.24) is 4.57 Å². The zero-order valence-corrected chi connectivity index (χ0v) is 13.4. The summed E-state index contributed by atoms with van der Waals surface area (Å²) in [4.78, 5) is 11.1. The number of carbonyl (C=O) groups is 1. The van der Waals surface area contributed by atoms with Gasteiger partial charge < -0.3 is 19.1 Å². The van der Waals surface area contributed by atoms with Crippen molar-refractivity contribution in [3.05, 3.63) is 23.9 Å². The standard InChI is InChI=1S/C17H23NO4/c1-4-7-18-11-12(8-17(19)20)13-9-15(21-5-2)16(22-6-3)10-14(13)18/h9-11H,4-8H2,1-3H3,(H,19,20). The number of carboxylic acids is 1. The largest absolute Gasteiger partial charge is 0.490 e. The maximum atomic E-state index is 11.1. The van der Waals surface area contributed by atoms with E-state index in [4.69, 9.17) is 14.6 Å². The highest BCUT2D eigenvalue weighted by Gasteiger charge is 2.16. The minimum absolute atomic E-state index is 0.00671. The Balaban J connectivity index is 2.61. The second kappa shape index (κ2) is 7.20. The zero-order valence-electron chi connectivity index (χ0n) is 13.4. The molecule has 5 nitrogen and oxygen atoms in total. The predicted molar refractivity (Wildman–Crippen MR) is 85.9 cm³/mol. The molecule has 1 aromatic carbocycles. The molecule has 0 atom stereocenters. The maximum absolute atomic E-state index is 11.1. The average Bonchev–Trinajstić information content (AvgIpc) is 2.77. The molecule has 0 aliphatic heterocycles. The summed E-state index contributed by atoms with van der Waals surface area (Å²) in [7, 11) is 0. The van der Waals surface area contributed by atoms with E-state index in [0.29, 0.717) is 24.7 Å². The van der Waals surface area contributed by atoms with Gasteiger partial charge in [0.2, 0.25) is 0 Å². The van der Waals surface area contributed by atoms with E-state index >= 15 is 0 Å². The summed E-state index contributed by atoms with van der Waals surface area (Å²) < 4.78 is 13.4. The van der Waals surface area contributed by atoms with Crippen molar-refractivity contribution in [2.75, 3.05) is 13.2 Å². The van der Waals surface area contributed by atoms with Crippen LogP contribution >= 0.6 is 0 Å². The van der Waals surface area contributed by atoms with Gasteiger partial charge in [-0.15, -0.1) is 0 Å². The van der Waals surface area contributed by atoms with Crippen molar-refractivity contribution in [1.29, 1.82) is 0 Å². The van der Waals surface area contributed by atoms with E-state index in [1.54, 1.807) is 0 Å². The maximum Gasteiger partial charge on any atom is 0.307 e. The quantitative estimate of drug-likeness (QED) is 0.811. The summed E-state index contributed by atoms with van der Waals surface area (Å²) in [5.74, 6) is 0.536. The summed E-state index contributed by atoms with van der Waals surface area (Å²) in [5, 5.41) is 10.0. The Morgan fingerprint density at radius 1 is 1.14 bits per heavy atom. The van der Waals surface area contributed by atoms with Crippen molar-refractivity contribution in [3.63, 3.8) is 0 Å². The predicted octanol–water partition coefficient (Wildman–Crippen LogP) is 3.48. The molecule has 0 unspecified atom stereocenters. The normalized spacial score (nSPS) is 10.9. The van der Waals surface area contributed by atoms with Crippen molar-refractivity contribution < 1.29 is 19.4 Å². The van der Waals surface area contributed by atoms with Gasteiger partial charge >= 0.3 is 5.97 Å². The lowest BCUT2D eigenvalue weighted by molar-refractivity contribution is -0.136. The number of hydrogen-bond donors (Lipinski definition) is 1. The third kappa shape index (κ3) is 3.35. The summed E-state index contributed by atoms with van der Waals surface area (Å²) >= 11 is 0. The Bertz CT molecular complexity index is 660. The molecule has 120 valence electrons. The first kappa shape index (κ1) is 16.2. The lowest BCUT2D eigenvalue weighted by atomic mass is 10.1. The SMILES string of the molecule is CCCn1cc(CC(=O)O)c2cc(OCC)c(OCC)cc21. The van der Waals surface area contributed by atoms with E-state index in [-0.39, 0.29) is 6.42 Å². The van der Waals surface area contributed by atoms with E-state index in [2.05, 4.69) is 11.5 Å². The molecule has 0 aliphatic carbocycles. The highest BCUT2D eigenvalue weighted by atomic mass is 16.5. The number of hydrogen-bond acceptors (Lipinski definition) is 3. The highest BCUT2D eigenvalue weighted by molar-refractivity contribution is 5.90. The van der Waals surface area contributed by atoms with Gasteiger partial charge in [0.1, 0.15) is 0 Å². The fourth-order valence-electron chi connectivity index (χ4n) is 2.64. The third-order valence-corrected chi connectivity index (χ3v) is 3.43. The molecule has 5 heteroatoms. The first-order valence-corrected chi connectivity index (χ1v) is 7.73. The Morgan fingerprint density at radius 2 is 1.77 bits per heavy atom. The number of rotatable bonds is 8.